The molecule has 1 atom stereocenters. The summed E-state index contributed by atoms with van der Waals surface area (Å²) < 4.78 is 4.92. The average molecular weight is 749 g/mol. The van der Waals surface area contributed by atoms with Gasteiger partial charge in [0.25, 0.3) is 0 Å². The Hall–Kier alpha value is -7.68. The van der Waals surface area contributed by atoms with Crippen LogP contribution in [0.15, 0.2) is 212 Å². The van der Waals surface area contributed by atoms with E-state index in [0.29, 0.717) is 0 Å². The molecule has 1 aliphatic carbocycles. The van der Waals surface area contributed by atoms with Crippen LogP contribution in [0.5, 0.6) is 0 Å². The van der Waals surface area contributed by atoms with Gasteiger partial charge >= 0.3 is 0 Å². The average Bonchev–Trinajstić information content (AvgIpc) is 3.94. The second kappa shape index (κ2) is 12.4. The quantitative estimate of drug-likeness (QED) is 0.170. The van der Waals surface area contributed by atoms with Crippen molar-refractivity contribution < 1.29 is 0 Å². The second-order valence-corrected chi connectivity index (χ2v) is 16.1. The van der Waals surface area contributed by atoms with Gasteiger partial charge in [0.15, 0.2) is 0 Å². The van der Waals surface area contributed by atoms with Crippen molar-refractivity contribution >= 4 is 65.2 Å². The maximum atomic E-state index is 2.49. The molecule has 12 aromatic rings. The lowest BCUT2D eigenvalue weighted by Crippen LogP contribution is -2.00. The fraction of sp³-hybridized carbons (Fsp3) is 0.0175. The Morgan fingerprint density at radius 1 is 0.322 bits per heavy atom. The highest BCUT2D eigenvalue weighted by atomic mass is 15.0. The van der Waals surface area contributed by atoms with Gasteiger partial charge in [-0.25, -0.2) is 0 Å². The minimum Gasteiger partial charge on any atom is -0.309 e. The topological polar surface area (TPSA) is 9.86 Å². The molecule has 1 aliphatic rings. The summed E-state index contributed by atoms with van der Waals surface area (Å²) in [6, 6.07) is 78.8. The minimum atomic E-state index is 0.128. The summed E-state index contributed by atoms with van der Waals surface area (Å²) in [5.74, 6) is 0.128. The normalized spacial score (nSPS) is 13.6. The molecule has 2 heterocycles. The maximum absolute atomic E-state index is 2.49. The lowest BCUT2D eigenvalue weighted by Gasteiger charge is -2.16. The summed E-state index contributed by atoms with van der Waals surface area (Å²) in [5, 5.41) is 10.1. The highest BCUT2D eigenvalue weighted by Gasteiger charge is 2.33. The molecule has 0 fully saturated rings. The van der Waals surface area contributed by atoms with Crippen LogP contribution in [-0.2, 0) is 0 Å². The number of fused-ring (bicyclic) bond motifs is 12. The van der Waals surface area contributed by atoms with E-state index in [1.54, 1.807) is 0 Å². The second-order valence-electron chi connectivity index (χ2n) is 16.1. The van der Waals surface area contributed by atoms with Gasteiger partial charge in [0, 0.05) is 38.8 Å². The first-order valence-corrected chi connectivity index (χ1v) is 20.5. The Bertz CT molecular complexity index is 3680. The standard InChI is InChI=1S/C57H36N2/c1-2-14-38(15-3-1)55-47-20-9-8-18-45(47)48-28-31-54-56(57(48)55)50-35-42(25-30-53(50)59(54)44-27-23-37-13-5-7-17-40(37)33-44)41-24-29-52-49(34-41)46-19-10-11-21-51(46)58(52)43-26-22-36-12-4-6-16-39(36)32-43/h1-35,55H. The van der Waals surface area contributed by atoms with Crippen LogP contribution in [0.25, 0.3) is 98.8 Å². The molecule has 2 aromatic heterocycles. The van der Waals surface area contributed by atoms with Crippen LogP contribution < -0.4 is 0 Å². The molecule has 0 saturated carbocycles. The van der Waals surface area contributed by atoms with Gasteiger partial charge in [-0.05, 0) is 121 Å². The van der Waals surface area contributed by atoms with E-state index in [2.05, 4.69) is 221 Å². The van der Waals surface area contributed by atoms with E-state index in [9.17, 15) is 0 Å². The number of nitrogens with zero attached hydrogens (tertiary/aromatic N) is 2. The molecule has 0 amide bonds. The first-order valence-electron chi connectivity index (χ1n) is 20.5. The fourth-order valence-corrected chi connectivity index (χ4v) is 10.3. The SMILES string of the molecule is c1ccc(C2c3ccccc3-c3ccc4c(c32)c2cc(-c3ccc5c(c3)c3ccccc3n5-c3ccc5ccccc5c3)ccc2n4-c2ccc3ccccc3c2)cc1. The van der Waals surface area contributed by atoms with Gasteiger partial charge in [0.2, 0.25) is 0 Å². The molecule has 10 aromatic carbocycles. The van der Waals surface area contributed by atoms with Gasteiger partial charge in [0.05, 0.1) is 22.1 Å². The predicted molar refractivity (Wildman–Crippen MR) is 248 cm³/mol. The molecular formula is C57H36N2. The van der Waals surface area contributed by atoms with Crippen LogP contribution in [0.4, 0.5) is 0 Å². The molecule has 0 saturated heterocycles. The van der Waals surface area contributed by atoms with E-state index >= 15 is 0 Å². The Morgan fingerprint density at radius 3 is 1.59 bits per heavy atom. The van der Waals surface area contributed by atoms with Gasteiger partial charge in [-0.1, -0.05) is 152 Å². The highest BCUT2D eigenvalue weighted by molar-refractivity contribution is 6.16. The predicted octanol–water partition coefficient (Wildman–Crippen LogP) is 15.0. The Kier molecular flexibility index (Phi) is 6.82. The number of para-hydroxylation sites is 1. The summed E-state index contributed by atoms with van der Waals surface area (Å²) in [6.07, 6.45) is 0. The van der Waals surface area contributed by atoms with Crippen molar-refractivity contribution in [3.05, 3.63) is 229 Å². The van der Waals surface area contributed by atoms with Crippen molar-refractivity contribution in [3.63, 3.8) is 0 Å². The smallest absolute Gasteiger partial charge is 0.0544 e. The number of hydrogen-bond acceptors (Lipinski definition) is 0. The van der Waals surface area contributed by atoms with Crippen LogP contribution in [0.1, 0.15) is 22.6 Å². The number of hydrogen-bond donors (Lipinski definition) is 0. The molecule has 13 rings (SSSR count). The zero-order chi connectivity index (χ0) is 38.6. The minimum absolute atomic E-state index is 0.128. The van der Waals surface area contributed by atoms with E-state index < -0.39 is 0 Å². The molecular weight excluding hydrogens is 713 g/mol. The van der Waals surface area contributed by atoms with Crippen molar-refractivity contribution in [2.24, 2.45) is 0 Å². The van der Waals surface area contributed by atoms with Crippen LogP contribution in [0.3, 0.4) is 0 Å². The molecule has 274 valence electrons. The summed E-state index contributed by atoms with van der Waals surface area (Å²) in [6.45, 7) is 0. The highest BCUT2D eigenvalue weighted by Crippen LogP contribution is 2.53. The molecule has 0 bridgehead atoms. The van der Waals surface area contributed by atoms with Gasteiger partial charge in [-0.15, -0.1) is 0 Å². The van der Waals surface area contributed by atoms with Gasteiger partial charge in [0.1, 0.15) is 0 Å². The lowest BCUT2D eigenvalue weighted by atomic mass is 9.87. The molecule has 0 N–H and O–H groups in total. The first kappa shape index (κ1) is 32.4. The fourth-order valence-electron chi connectivity index (χ4n) is 10.3. The summed E-state index contributed by atoms with van der Waals surface area (Å²) in [5.41, 5.74) is 16.4. The molecule has 0 radical (unpaired) electrons. The molecule has 59 heavy (non-hydrogen) atoms. The van der Waals surface area contributed by atoms with Crippen molar-refractivity contribution in [1.82, 2.24) is 9.13 Å². The Balaban J connectivity index is 1.07. The van der Waals surface area contributed by atoms with Crippen LogP contribution in [-0.4, -0.2) is 9.13 Å². The summed E-state index contributed by atoms with van der Waals surface area (Å²) in [7, 11) is 0. The zero-order valence-electron chi connectivity index (χ0n) is 32.2. The molecule has 1 unspecified atom stereocenters. The number of aromatic nitrogens is 2. The monoisotopic (exact) mass is 748 g/mol. The maximum Gasteiger partial charge on any atom is 0.0544 e. The Morgan fingerprint density at radius 2 is 0.864 bits per heavy atom. The van der Waals surface area contributed by atoms with E-state index in [1.165, 1.54) is 115 Å². The number of rotatable bonds is 4. The van der Waals surface area contributed by atoms with Crippen molar-refractivity contribution in [3.8, 4) is 33.6 Å². The third-order valence-electron chi connectivity index (χ3n) is 12.9. The van der Waals surface area contributed by atoms with Gasteiger partial charge in [-0.2, -0.15) is 0 Å². The molecule has 0 spiro atoms. The third-order valence-corrected chi connectivity index (χ3v) is 12.9. The van der Waals surface area contributed by atoms with E-state index in [0.717, 1.165) is 0 Å². The van der Waals surface area contributed by atoms with E-state index in [-0.39, 0.29) is 5.92 Å². The summed E-state index contributed by atoms with van der Waals surface area (Å²) in [4.78, 5) is 0. The van der Waals surface area contributed by atoms with Gasteiger partial charge < -0.3 is 9.13 Å². The molecule has 0 aliphatic heterocycles. The third kappa shape index (κ3) is 4.75. The van der Waals surface area contributed by atoms with Crippen LogP contribution in [0.2, 0.25) is 0 Å². The largest absolute Gasteiger partial charge is 0.309 e. The van der Waals surface area contributed by atoms with Crippen LogP contribution in [0, 0.1) is 0 Å². The van der Waals surface area contributed by atoms with Gasteiger partial charge in [-0.3, -0.25) is 0 Å². The van der Waals surface area contributed by atoms with E-state index in [1.807, 2.05) is 0 Å². The first-order chi connectivity index (χ1) is 29.3. The molecule has 2 nitrogen and oxygen atoms in total. The summed E-state index contributed by atoms with van der Waals surface area (Å²) >= 11 is 0. The van der Waals surface area contributed by atoms with E-state index in [4.69, 9.17) is 0 Å². The van der Waals surface area contributed by atoms with Crippen molar-refractivity contribution in [2.45, 2.75) is 5.92 Å². The van der Waals surface area contributed by atoms with Crippen molar-refractivity contribution in [1.29, 1.82) is 0 Å². The molecule has 2 heteroatoms. The lowest BCUT2D eigenvalue weighted by molar-refractivity contribution is 1.03. The number of benzene rings is 10. The van der Waals surface area contributed by atoms with Crippen LogP contribution >= 0.6 is 0 Å². The zero-order valence-corrected chi connectivity index (χ0v) is 32.2. The van der Waals surface area contributed by atoms with Crippen molar-refractivity contribution in [2.75, 3.05) is 0 Å². The Labute approximate surface area is 341 Å².